The van der Waals surface area contributed by atoms with Gasteiger partial charge in [0.15, 0.2) is 0 Å². The van der Waals surface area contributed by atoms with Gasteiger partial charge in [-0.15, -0.1) is 0 Å². The molecule has 1 aromatic heterocycles. The van der Waals surface area contributed by atoms with Gasteiger partial charge in [0.05, 0.1) is 12.6 Å². The summed E-state index contributed by atoms with van der Waals surface area (Å²) in [4.78, 5) is 13.4. The Morgan fingerprint density at radius 2 is 2.20 bits per heavy atom. The van der Waals surface area contributed by atoms with E-state index < -0.39 is 24.1 Å². The molecule has 0 saturated heterocycles. The predicted molar refractivity (Wildman–Crippen MR) is 45.5 cm³/mol. The molecular weight excluding hydrogens is 235 g/mol. The average molecular weight is 240 g/mol. The summed E-state index contributed by atoms with van der Waals surface area (Å²) in [7, 11) is 0. The molecule has 0 aromatic carbocycles. The van der Waals surface area contributed by atoms with Crippen molar-refractivity contribution in [2.24, 2.45) is 0 Å². The number of hydrogen-bond acceptors (Lipinski definition) is 2. The van der Waals surface area contributed by atoms with Crippen molar-refractivity contribution in [1.82, 2.24) is 4.98 Å². The summed E-state index contributed by atoms with van der Waals surface area (Å²) in [6.07, 6.45) is -0.434. The van der Waals surface area contributed by atoms with Gasteiger partial charge in [-0.05, 0) is 11.6 Å². The highest BCUT2D eigenvalue weighted by Gasteiger charge is 2.39. The Balaban J connectivity index is 2.99. The molecule has 0 unspecified atom stereocenters. The standard InChI is InChI=1S/C8H5ClF3NO2/c9-6-4(1-5(10)3-13-6)2-8(11,12)7(14)15/h1,3H,2H2,(H,14,15). The molecule has 1 rings (SSSR count). The summed E-state index contributed by atoms with van der Waals surface area (Å²) in [6.45, 7) is 0. The molecule has 0 spiro atoms. The summed E-state index contributed by atoms with van der Waals surface area (Å²) < 4.78 is 38.1. The van der Waals surface area contributed by atoms with Crippen LogP contribution in [0.2, 0.25) is 5.15 Å². The van der Waals surface area contributed by atoms with Gasteiger partial charge in [0, 0.05) is 0 Å². The van der Waals surface area contributed by atoms with Crippen LogP contribution in [-0.4, -0.2) is 22.0 Å². The molecule has 0 aliphatic heterocycles. The number of aromatic nitrogens is 1. The Kier molecular flexibility index (Phi) is 3.18. The first-order valence-corrected chi connectivity index (χ1v) is 4.12. The molecule has 0 amide bonds. The van der Waals surface area contributed by atoms with Crippen molar-refractivity contribution in [3.05, 3.63) is 28.8 Å². The predicted octanol–water partition coefficient (Wildman–Crippen LogP) is 2.14. The van der Waals surface area contributed by atoms with E-state index in [1.54, 1.807) is 0 Å². The fraction of sp³-hybridized carbons (Fsp3) is 0.250. The Labute approximate surface area is 87.5 Å². The molecule has 7 heteroatoms. The van der Waals surface area contributed by atoms with E-state index in [1.807, 2.05) is 0 Å². The van der Waals surface area contributed by atoms with Crippen LogP contribution in [0.25, 0.3) is 0 Å². The van der Waals surface area contributed by atoms with Crippen molar-refractivity contribution >= 4 is 17.6 Å². The number of carbonyl (C=O) groups is 1. The molecule has 1 heterocycles. The van der Waals surface area contributed by atoms with Crippen molar-refractivity contribution in [2.75, 3.05) is 0 Å². The SMILES string of the molecule is O=C(O)C(F)(F)Cc1cc(F)cnc1Cl. The summed E-state index contributed by atoms with van der Waals surface area (Å²) >= 11 is 5.40. The maximum atomic E-state index is 12.7. The molecule has 0 radical (unpaired) electrons. The molecule has 0 aliphatic rings. The van der Waals surface area contributed by atoms with Gasteiger partial charge >= 0.3 is 11.9 Å². The monoisotopic (exact) mass is 239 g/mol. The molecule has 1 aromatic rings. The van der Waals surface area contributed by atoms with Crippen LogP contribution >= 0.6 is 11.6 Å². The molecule has 0 fully saturated rings. The highest BCUT2D eigenvalue weighted by molar-refractivity contribution is 6.30. The second-order valence-electron chi connectivity index (χ2n) is 2.79. The molecule has 82 valence electrons. The van der Waals surface area contributed by atoms with Crippen LogP contribution < -0.4 is 0 Å². The molecule has 0 bridgehead atoms. The Morgan fingerprint density at radius 1 is 1.60 bits per heavy atom. The quantitative estimate of drug-likeness (QED) is 0.822. The van der Waals surface area contributed by atoms with Crippen LogP contribution in [0, 0.1) is 5.82 Å². The highest BCUT2D eigenvalue weighted by atomic mass is 35.5. The number of alkyl halides is 2. The molecule has 0 saturated carbocycles. The smallest absolute Gasteiger partial charge is 0.374 e. The van der Waals surface area contributed by atoms with Crippen molar-refractivity contribution in [3.63, 3.8) is 0 Å². The molecular formula is C8H5ClF3NO2. The maximum Gasteiger partial charge on any atom is 0.374 e. The van der Waals surface area contributed by atoms with Gasteiger partial charge < -0.3 is 5.11 Å². The highest BCUT2D eigenvalue weighted by Crippen LogP contribution is 2.24. The number of carboxylic acids is 1. The second-order valence-corrected chi connectivity index (χ2v) is 3.15. The van der Waals surface area contributed by atoms with Gasteiger partial charge in [0.1, 0.15) is 11.0 Å². The minimum absolute atomic E-state index is 0.336. The first kappa shape index (κ1) is 11.8. The fourth-order valence-corrected chi connectivity index (χ4v) is 1.07. The normalized spacial score (nSPS) is 11.5. The van der Waals surface area contributed by atoms with Crippen LogP contribution in [0.1, 0.15) is 5.56 Å². The van der Waals surface area contributed by atoms with Gasteiger partial charge in [0.25, 0.3) is 0 Å². The molecule has 15 heavy (non-hydrogen) atoms. The molecule has 3 nitrogen and oxygen atoms in total. The van der Waals surface area contributed by atoms with Crippen LogP contribution in [0.3, 0.4) is 0 Å². The summed E-state index contributed by atoms with van der Waals surface area (Å²) in [5, 5.41) is 7.82. The maximum absolute atomic E-state index is 12.7. The number of halogens is 4. The van der Waals surface area contributed by atoms with E-state index in [0.717, 1.165) is 12.3 Å². The van der Waals surface area contributed by atoms with Gasteiger partial charge in [-0.3, -0.25) is 0 Å². The van der Waals surface area contributed by atoms with E-state index in [9.17, 15) is 18.0 Å². The van der Waals surface area contributed by atoms with Crippen molar-refractivity contribution in [2.45, 2.75) is 12.3 Å². The molecule has 0 atom stereocenters. The third-order valence-corrected chi connectivity index (χ3v) is 1.94. The van der Waals surface area contributed by atoms with Crippen molar-refractivity contribution in [1.29, 1.82) is 0 Å². The third kappa shape index (κ3) is 2.82. The topological polar surface area (TPSA) is 50.2 Å². The molecule has 1 N–H and O–H groups in total. The van der Waals surface area contributed by atoms with E-state index in [2.05, 4.69) is 4.98 Å². The Morgan fingerprint density at radius 3 is 2.73 bits per heavy atom. The zero-order chi connectivity index (χ0) is 11.6. The van der Waals surface area contributed by atoms with E-state index in [1.165, 1.54) is 0 Å². The second kappa shape index (κ2) is 4.06. The van der Waals surface area contributed by atoms with E-state index >= 15 is 0 Å². The van der Waals surface area contributed by atoms with Gasteiger partial charge in [-0.1, -0.05) is 11.6 Å². The van der Waals surface area contributed by atoms with Crippen LogP contribution in [0.5, 0.6) is 0 Å². The fourth-order valence-electron chi connectivity index (χ4n) is 0.903. The van der Waals surface area contributed by atoms with Gasteiger partial charge in [-0.25, -0.2) is 14.2 Å². The lowest BCUT2D eigenvalue weighted by atomic mass is 10.1. The van der Waals surface area contributed by atoms with Crippen molar-refractivity contribution in [3.8, 4) is 0 Å². The average Bonchev–Trinajstić information content (AvgIpc) is 2.10. The summed E-state index contributed by atoms with van der Waals surface area (Å²) in [5.41, 5.74) is -0.343. The lowest BCUT2D eigenvalue weighted by Crippen LogP contribution is -2.30. The summed E-state index contributed by atoms with van der Waals surface area (Å²) in [6, 6.07) is 0.728. The largest absolute Gasteiger partial charge is 0.477 e. The lowest BCUT2D eigenvalue weighted by Gasteiger charge is -2.11. The van der Waals surface area contributed by atoms with E-state index in [4.69, 9.17) is 16.7 Å². The van der Waals surface area contributed by atoms with E-state index in [-0.39, 0.29) is 10.7 Å². The zero-order valence-corrected chi connectivity index (χ0v) is 7.93. The summed E-state index contributed by atoms with van der Waals surface area (Å²) in [5.74, 6) is -7.13. The number of rotatable bonds is 3. The lowest BCUT2D eigenvalue weighted by molar-refractivity contribution is -0.164. The van der Waals surface area contributed by atoms with Crippen LogP contribution in [0.4, 0.5) is 13.2 Å². The van der Waals surface area contributed by atoms with Crippen LogP contribution in [-0.2, 0) is 11.2 Å². The number of carboxylic acid groups (broad SMARTS) is 1. The van der Waals surface area contributed by atoms with E-state index in [0.29, 0.717) is 0 Å². The zero-order valence-electron chi connectivity index (χ0n) is 7.18. The Hall–Kier alpha value is -1.30. The van der Waals surface area contributed by atoms with Gasteiger partial charge in [-0.2, -0.15) is 8.78 Å². The third-order valence-electron chi connectivity index (χ3n) is 1.60. The number of pyridine rings is 1. The number of hydrogen-bond donors (Lipinski definition) is 1. The first-order valence-electron chi connectivity index (χ1n) is 3.74. The number of aliphatic carboxylic acids is 1. The minimum atomic E-state index is -3.99. The minimum Gasteiger partial charge on any atom is -0.477 e. The van der Waals surface area contributed by atoms with Crippen LogP contribution in [0.15, 0.2) is 12.3 Å². The Bertz CT molecular complexity index is 397. The van der Waals surface area contributed by atoms with Gasteiger partial charge in [0.2, 0.25) is 0 Å². The first-order chi connectivity index (χ1) is 6.83. The van der Waals surface area contributed by atoms with Crippen molar-refractivity contribution < 1.29 is 23.1 Å². The number of nitrogens with zero attached hydrogens (tertiary/aromatic N) is 1. The molecule has 0 aliphatic carbocycles.